The molecule has 0 atom stereocenters. The van der Waals surface area contributed by atoms with Crippen LogP contribution in [0.2, 0.25) is 0 Å². The second-order valence-electron chi connectivity index (χ2n) is 2.73. The fourth-order valence-electron chi connectivity index (χ4n) is 0.907. The molecule has 1 N–H and O–H groups in total. The number of nitrogens with zero attached hydrogens (tertiary/aromatic N) is 2. The quantitative estimate of drug-likeness (QED) is 0.388. The summed E-state index contributed by atoms with van der Waals surface area (Å²) in [6.07, 6.45) is 1.77. The van der Waals surface area contributed by atoms with Crippen molar-refractivity contribution in [3.05, 3.63) is 35.9 Å². The molecule has 0 saturated carbocycles. The molecule has 0 fully saturated rings. The van der Waals surface area contributed by atoms with Crippen LogP contribution in [0.25, 0.3) is 0 Å². The average molecular weight is 335 g/mol. The van der Waals surface area contributed by atoms with Crippen molar-refractivity contribution in [2.45, 2.75) is 0 Å². The molecule has 0 radical (unpaired) electrons. The summed E-state index contributed by atoms with van der Waals surface area (Å²) in [6.45, 7) is 0. The molecule has 0 aliphatic carbocycles. The Morgan fingerprint density at radius 2 is 2.00 bits per heavy atom. The van der Waals surface area contributed by atoms with Gasteiger partial charge in [0.2, 0.25) is 0 Å². The van der Waals surface area contributed by atoms with Gasteiger partial charge in [-0.2, -0.15) is 5.10 Å². The predicted octanol–water partition coefficient (Wildman–Crippen LogP) is 2.07. The molecule has 0 unspecified atom stereocenters. The molecule has 15 heavy (non-hydrogen) atoms. The highest BCUT2D eigenvalue weighted by atomic mass is 127. The van der Waals surface area contributed by atoms with E-state index in [0.29, 0.717) is 5.11 Å². The van der Waals surface area contributed by atoms with Crippen LogP contribution in [0.15, 0.2) is 35.4 Å². The number of hydrogen-bond acceptors (Lipinski definition) is 2. The molecule has 0 amide bonds. The smallest absolute Gasteiger partial charge is 0.189 e. The van der Waals surface area contributed by atoms with Gasteiger partial charge in [-0.1, -0.05) is 30.3 Å². The molecule has 0 saturated heterocycles. The molecule has 0 bridgehead atoms. The number of halogens is 1. The first-order valence-electron chi connectivity index (χ1n) is 4.28. The van der Waals surface area contributed by atoms with Gasteiger partial charge in [0, 0.05) is 14.1 Å². The molecule has 3 nitrogen and oxygen atoms in total. The minimum atomic E-state index is 0. The van der Waals surface area contributed by atoms with Crippen LogP contribution in [0.3, 0.4) is 0 Å². The monoisotopic (exact) mass is 335 g/mol. The molecule has 0 aromatic heterocycles. The highest BCUT2D eigenvalue weighted by Gasteiger charge is 1.96. The van der Waals surface area contributed by atoms with Crippen LogP contribution < -0.4 is 5.32 Å². The Labute approximate surface area is 113 Å². The molecule has 1 rings (SSSR count). The topological polar surface area (TPSA) is 27.6 Å². The molecule has 1 aromatic rings. The van der Waals surface area contributed by atoms with E-state index in [1.807, 2.05) is 30.3 Å². The van der Waals surface area contributed by atoms with Crippen LogP contribution in [-0.4, -0.2) is 30.4 Å². The van der Waals surface area contributed by atoms with Gasteiger partial charge in [-0.15, -0.1) is 24.0 Å². The van der Waals surface area contributed by atoms with Crippen molar-refractivity contribution in [3.8, 4) is 0 Å². The Balaban J connectivity index is 0.00000196. The van der Waals surface area contributed by atoms with Crippen LogP contribution >= 0.6 is 36.2 Å². The molecule has 0 heterocycles. The lowest BCUT2D eigenvalue weighted by Gasteiger charge is -2.12. The molecule has 0 spiro atoms. The average Bonchev–Trinajstić information content (AvgIpc) is 2.26. The van der Waals surface area contributed by atoms with E-state index in [0.717, 1.165) is 5.56 Å². The second kappa shape index (κ2) is 7.58. The van der Waals surface area contributed by atoms with Gasteiger partial charge in [0.05, 0.1) is 6.21 Å². The minimum absolute atomic E-state index is 0. The Kier molecular flexibility index (Phi) is 7.23. The Morgan fingerprint density at radius 3 is 2.53 bits per heavy atom. The van der Waals surface area contributed by atoms with E-state index in [1.165, 1.54) is 0 Å². The summed E-state index contributed by atoms with van der Waals surface area (Å²) in [5, 5.41) is 9.22. The Hall–Kier alpha value is -0.690. The number of hydrazone groups is 1. The van der Waals surface area contributed by atoms with E-state index in [4.69, 9.17) is 12.2 Å². The van der Waals surface area contributed by atoms with Crippen molar-refractivity contribution >= 4 is 47.5 Å². The van der Waals surface area contributed by atoms with Gasteiger partial charge in [0.1, 0.15) is 0 Å². The zero-order valence-corrected chi connectivity index (χ0v) is 11.8. The zero-order valence-electron chi connectivity index (χ0n) is 8.68. The van der Waals surface area contributed by atoms with Crippen LogP contribution in [0.1, 0.15) is 5.56 Å². The number of thiocarbonyl (C=S) groups is 1. The molecule has 5 heteroatoms. The maximum atomic E-state index is 4.99. The van der Waals surface area contributed by atoms with Crippen molar-refractivity contribution < 1.29 is 0 Å². The Bertz CT molecular complexity index is 327. The third-order valence-corrected chi connectivity index (χ3v) is 2.16. The lowest BCUT2D eigenvalue weighted by Crippen LogP contribution is -2.30. The molecule has 82 valence electrons. The number of benzene rings is 1. The standard InChI is InChI=1S/C10H13N3S.HI/c1-11-10(14)13(2)12-8-9-6-4-3-5-7-9;/h3-8H,1-2H3,(H,11,14);1H. The van der Waals surface area contributed by atoms with E-state index in [2.05, 4.69) is 10.4 Å². The summed E-state index contributed by atoms with van der Waals surface area (Å²) in [4.78, 5) is 0. The summed E-state index contributed by atoms with van der Waals surface area (Å²) >= 11 is 4.99. The number of hydrogen-bond donors (Lipinski definition) is 1. The van der Waals surface area contributed by atoms with E-state index in [-0.39, 0.29) is 24.0 Å². The summed E-state index contributed by atoms with van der Waals surface area (Å²) in [5.74, 6) is 0. The molecule has 0 aliphatic rings. The van der Waals surface area contributed by atoms with Gasteiger partial charge >= 0.3 is 0 Å². The Morgan fingerprint density at radius 1 is 1.40 bits per heavy atom. The van der Waals surface area contributed by atoms with Gasteiger partial charge in [0.15, 0.2) is 5.11 Å². The highest BCUT2D eigenvalue weighted by Crippen LogP contribution is 1.95. The van der Waals surface area contributed by atoms with Crippen molar-refractivity contribution in [1.82, 2.24) is 10.3 Å². The summed E-state index contributed by atoms with van der Waals surface area (Å²) in [6, 6.07) is 9.88. The lowest BCUT2D eigenvalue weighted by molar-refractivity contribution is 0.540. The van der Waals surface area contributed by atoms with Crippen LogP contribution in [0.5, 0.6) is 0 Å². The number of nitrogens with one attached hydrogen (secondary N) is 1. The largest absolute Gasteiger partial charge is 0.364 e. The normalized spacial score (nSPS) is 9.47. The van der Waals surface area contributed by atoms with Gasteiger partial charge in [-0.25, -0.2) is 5.01 Å². The van der Waals surface area contributed by atoms with Gasteiger partial charge in [0.25, 0.3) is 0 Å². The first-order chi connectivity index (χ1) is 6.74. The van der Waals surface area contributed by atoms with E-state index in [9.17, 15) is 0 Å². The van der Waals surface area contributed by atoms with Crippen LogP contribution in [0, 0.1) is 0 Å². The van der Waals surface area contributed by atoms with E-state index < -0.39 is 0 Å². The second-order valence-corrected chi connectivity index (χ2v) is 3.12. The summed E-state index contributed by atoms with van der Waals surface area (Å²) in [7, 11) is 3.58. The lowest BCUT2D eigenvalue weighted by atomic mass is 10.2. The van der Waals surface area contributed by atoms with Gasteiger partial charge in [-0.05, 0) is 17.8 Å². The highest BCUT2D eigenvalue weighted by molar-refractivity contribution is 14.0. The van der Waals surface area contributed by atoms with Crippen molar-refractivity contribution in [3.63, 3.8) is 0 Å². The third kappa shape index (κ3) is 5.08. The van der Waals surface area contributed by atoms with Crippen molar-refractivity contribution in [2.75, 3.05) is 14.1 Å². The molecular weight excluding hydrogens is 321 g/mol. The first kappa shape index (κ1) is 14.3. The van der Waals surface area contributed by atoms with E-state index in [1.54, 1.807) is 25.3 Å². The summed E-state index contributed by atoms with van der Waals surface area (Å²) < 4.78 is 0. The van der Waals surface area contributed by atoms with E-state index >= 15 is 0 Å². The minimum Gasteiger partial charge on any atom is -0.364 e. The maximum Gasteiger partial charge on any atom is 0.189 e. The SMILES string of the molecule is CNC(=S)N(C)N=Cc1ccccc1.I. The van der Waals surface area contributed by atoms with Crippen LogP contribution in [0.4, 0.5) is 0 Å². The van der Waals surface area contributed by atoms with Gasteiger partial charge < -0.3 is 5.32 Å². The first-order valence-corrected chi connectivity index (χ1v) is 4.69. The maximum absolute atomic E-state index is 4.99. The zero-order chi connectivity index (χ0) is 10.4. The fraction of sp³-hybridized carbons (Fsp3) is 0.200. The molecule has 0 aliphatic heterocycles. The van der Waals surface area contributed by atoms with Crippen molar-refractivity contribution in [1.29, 1.82) is 0 Å². The molecule has 1 aromatic carbocycles. The fourth-order valence-corrected chi connectivity index (χ4v) is 0.954. The van der Waals surface area contributed by atoms with Crippen molar-refractivity contribution in [2.24, 2.45) is 5.10 Å². The summed E-state index contributed by atoms with van der Waals surface area (Å²) in [5.41, 5.74) is 1.05. The molecular formula is C10H14IN3S. The predicted molar refractivity (Wildman–Crippen MR) is 78.9 cm³/mol. The number of rotatable bonds is 2. The van der Waals surface area contributed by atoms with Gasteiger partial charge in [-0.3, -0.25) is 0 Å². The third-order valence-electron chi connectivity index (χ3n) is 1.69. The van der Waals surface area contributed by atoms with Crippen LogP contribution in [-0.2, 0) is 0 Å².